The zero-order valence-corrected chi connectivity index (χ0v) is 20.6. The molecule has 0 aliphatic heterocycles. The van der Waals surface area contributed by atoms with E-state index in [-0.39, 0.29) is 29.5 Å². The zero-order chi connectivity index (χ0) is 24.8. The highest BCUT2D eigenvalue weighted by atomic mass is 16.5. The van der Waals surface area contributed by atoms with Gasteiger partial charge in [0.05, 0.1) is 17.5 Å². The van der Waals surface area contributed by atoms with Crippen LogP contribution < -0.4 is 15.4 Å². The Morgan fingerprint density at radius 3 is 2.37 bits per heavy atom. The number of nitrogens with zero attached hydrogens (tertiary/aromatic N) is 2. The Labute approximate surface area is 205 Å². The zero-order valence-electron chi connectivity index (χ0n) is 20.6. The van der Waals surface area contributed by atoms with Crippen LogP contribution in [0.3, 0.4) is 0 Å². The third kappa shape index (κ3) is 5.17. The Bertz CT molecular complexity index is 1130. The van der Waals surface area contributed by atoms with Crippen LogP contribution in [0.2, 0.25) is 0 Å². The first-order chi connectivity index (χ1) is 16.5. The van der Waals surface area contributed by atoms with Gasteiger partial charge in [0.15, 0.2) is 0 Å². The number of ether oxygens (including phenoxy) is 1. The van der Waals surface area contributed by atoms with Crippen LogP contribution in [0, 0.1) is 18.8 Å². The van der Waals surface area contributed by atoms with E-state index in [1.54, 1.807) is 44.3 Å². The lowest BCUT2D eigenvalue weighted by Crippen LogP contribution is -2.69. The number of benzene rings is 1. The Morgan fingerprint density at radius 2 is 1.74 bits per heavy atom. The number of aliphatic hydroxyl groups is 1. The first kappa shape index (κ1) is 23.7. The molecule has 6 rings (SSSR count). The predicted molar refractivity (Wildman–Crippen MR) is 130 cm³/mol. The largest absolute Gasteiger partial charge is 0.491 e. The minimum Gasteiger partial charge on any atom is -0.491 e. The monoisotopic (exact) mass is 478 g/mol. The van der Waals surface area contributed by atoms with Crippen LogP contribution in [0.15, 0.2) is 36.7 Å². The third-order valence-corrected chi connectivity index (χ3v) is 7.49. The van der Waals surface area contributed by atoms with Gasteiger partial charge < -0.3 is 20.5 Å². The molecule has 4 aliphatic rings. The smallest absolute Gasteiger partial charge is 0.271 e. The lowest BCUT2D eigenvalue weighted by molar-refractivity contribution is -0.0448. The molecule has 3 N–H and O–H groups in total. The number of aryl methyl sites for hydroxylation is 1. The maximum absolute atomic E-state index is 13.3. The van der Waals surface area contributed by atoms with Crippen molar-refractivity contribution in [3.8, 4) is 5.75 Å². The molecule has 1 heterocycles. The van der Waals surface area contributed by atoms with Crippen molar-refractivity contribution < 1.29 is 19.4 Å². The van der Waals surface area contributed by atoms with E-state index in [1.165, 1.54) is 6.20 Å². The minimum atomic E-state index is -0.958. The molecule has 2 aromatic rings. The standard InChI is InChI=1S/C27H34N4O4/c1-17-13-28-14-22(29-17)24(33)31-27-11-18-7-19(12-27)10-26(9-18,15-27)30-23(32)20-5-4-6-21(8-20)35-16-25(2,3)34/h4-6,8,13-14,18-19,34H,7,9-12,15-16H2,1-3H3,(H,30,32)(H,31,33). The van der Waals surface area contributed by atoms with Gasteiger partial charge in [-0.3, -0.25) is 14.6 Å². The van der Waals surface area contributed by atoms with E-state index in [2.05, 4.69) is 20.6 Å². The fourth-order valence-electron chi connectivity index (χ4n) is 6.73. The van der Waals surface area contributed by atoms with Gasteiger partial charge in [0, 0.05) is 22.8 Å². The molecule has 2 atom stereocenters. The summed E-state index contributed by atoms with van der Waals surface area (Å²) < 4.78 is 5.68. The van der Waals surface area contributed by atoms with Gasteiger partial charge in [-0.25, -0.2) is 4.98 Å². The second kappa shape index (κ2) is 8.59. The molecule has 2 amide bonds. The number of nitrogens with one attached hydrogen (secondary N) is 2. The third-order valence-electron chi connectivity index (χ3n) is 7.49. The number of hydrogen-bond acceptors (Lipinski definition) is 6. The molecule has 1 aromatic heterocycles. The fraction of sp³-hybridized carbons (Fsp3) is 0.556. The van der Waals surface area contributed by atoms with Gasteiger partial charge in [-0.1, -0.05) is 6.07 Å². The highest BCUT2D eigenvalue weighted by Crippen LogP contribution is 2.57. The second-order valence-corrected chi connectivity index (χ2v) is 11.6. The molecule has 35 heavy (non-hydrogen) atoms. The van der Waals surface area contributed by atoms with Crippen LogP contribution in [-0.4, -0.2) is 50.2 Å². The summed E-state index contributed by atoms with van der Waals surface area (Å²) >= 11 is 0. The molecule has 186 valence electrons. The Hall–Kier alpha value is -3.00. The number of carbonyl (C=O) groups is 2. The fourth-order valence-corrected chi connectivity index (χ4v) is 6.73. The van der Waals surface area contributed by atoms with E-state index < -0.39 is 5.60 Å². The van der Waals surface area contributed by atoms with Gasteiger partial charge in [0.2, 0.25) is 0 Å². The number of hydrogen-bond donors (Lipinski definition) is 3. The quantitative estimate of drug-likeness (QED) is 0.563. The van der Waals surface area contributed by atoms with Crippen LogP contribution in [0.25, 0.3) is 0 Å². The summed E-state index contributed by atoms with van der Waals surface area (Å²) in [5.41, 5.74) is -0.0569. The van der Waals surface area contributed by atoms with Gasteiger partial charge in [-0.2, -0.15) is 0 Å². The van der Waals surface area contributed by atoms with Crippen LogP contribution >= 0.6 is 0 Å². The SMILES string of the molecule is Cc1cncc(C(=O)NC23CC4CC(CC(NC(=O)c5cccc(OCC(C)(C)O)c5)(C4)C2)C3)n1. The first-order valence-electron chi connectivity index (χ1n) is 12.4. The van der Waals surface area contributed by atoms with Crippen molar-refractivity contribution in [2.75, 3.05) is 6.61 Å². The molecule has 8 heteroatoms. The average molecular weight is 479 g/mol. The van der Waals surface area contributed by atoms with E-state index in [0.29, 0.717) is 34.5 Å². The van der Waals surface area contributed by atoms with E-state index in [4.69, 9.17) is 4.74 Å². The number of carbonyl (C=O) groups excluding carboxylic acids is 2. The van der Waals surface area contributed by atoms with Crippen molar-refractivity contribution in [3.63, 3.8) is 0 Å². The molecule has 0 saturated heterocycles. The molecule has 0 spiro atoms. The molecular weight excluding hydrogens is 444 g/mol. The lowest BCUT2D eigenvalue weighted by Gasteiger charge is -2.62. The highest BCUT2D eigenvalue weighted by molar-refractivity contribution is 5.95. The topological polar surface area (TPSA) is 113 Å². The Kier molecular flexibility index (Phi) is 5.82. The number of aromatic nitrogens is 2. The summed E-state index contributed by atoms with van der Waals surface area (Å²) in [6, 6.07) is 7.07. The second-order valence-electron chi connectivity index (χ2n) is 11.6. The summed E-state index contributed by atoms with van der Waals surface area (Å²) in [6.07, 6.45) is 8.76. The van der Waals surface area contributed by atoms with Crippen molar-refractivity contribution in [2.45, 2.75) is 76.0 Å². The first-order valence-corrected chi connectivity index (χ1v) is 12.4. The Balaban J connectivity index is 1.32. The van der Waals surface area contributed by atoms with Crippen LogP contribution in [0.1, 0.15) is 78.9 Å². The van der Waals surface area contributed by atoms with E-state index >= 15 is 0 Å². The molecule has 4 fully saturated rings. The van der Waals surface area contributed by atoms with Gasteiger partial charge in [-0.15, -0.1) is 0 Å². The highest BCUT2D eigenvalue weighted by Gasteiger charge is 2.58. The van der Waals surface area contributed by atoms with Crippen molar-refractivity contribution in [1.29, 1.82) is 0 Å². The summed E-state index contributed by atoms with van der Waals surface area (Å²) in [7, 11) is 0. The maximum Gasteiger partial charge on any atom is 0.271 e. The minimum absolute atomic E-state index is 0.133. The molecule has 1 aromatic carbocycles. The average Bonchev–Trinajstić information content (AvgIpc) is 2.76. The van der Waals surface area contributed by atoms with Gasteiger partial charge >= 0.3 is 0 Å². The van der Waals surface area contributed by atoms with E-state index in [9.17, 15) is 14.7 Å². The van der Waals surface area contributed by atoms with Gasteiger partial charge in [-0.05, 0) is 89.3 Å². The van der Waals surface area contributed by atoms with Crippen LogP contribution in [0.5, 0.6) is 5.75 Å². The van der Waals surface area contributed by atoms with Crippen LogP contribution in [-0.2, 0) is 0 Å². The molecule has 4 bridgehead atoms. The normalized spacial score (nSPS) is 29.0. The summed E-state index contributed by atoms with van der Waals surface area (Å²) in [4.78, 5) is 34.9. The molecular formula is C27H34N4O4. The van der Waals surface area contributed by atoms with E-state index in [1.807, 2.05) is 6.92 Å². The van der Waals surface area contributed by atoms with Crippen molar-refractivity contribution in [3.05, 3.63) is 53.6 Å². The summed E-state index contributed by atoms with van der Waals surface area (Å²) in [6.45, 7) is 5.32. The molecule has 0 radical (unpaired) electrons. The molecule has 8 nitrogen and oxygen atoms in total. The molecule has 2 unspecified atom stereocenters. The Morgan fingerprint density at radius 1 is 1.09 bits per heavy atom. The van der Waals surface area contributed by atoms with Crippen molar-refractivity contribution in [1.82, 2.24) is 20.6 Å². The molecule has 4 saturated carbocycles. The van der Waals surface area contributed by atoms with Crippen LogP contribution in [0.4, 0.5) is 0 Å². The molecule has 4 aliphatic carbocycles. The lowest BCUT2D eigenvalue weighted by atomic mass is 9.49. The predicted octanol–water partition coefficient (Wildman–Crippen LogP) is 3.19. The van der Waals surface area contributed by atoms with Gasteiger partial charge in [0.25, 0.3) is 11.8 Å². The number of rotatable bonds is 7. The summed E-state index contributed by atoms with van der Waals surface area (Å²) in [5, 5.41) is 16.6. The van der Waals surface area contributed by atoms with Crippen molar-refractivity contribution >= 4 is 11.8 Å². The van der Waals surface area contributed by atoms with Crippen molar-refractivity contribution in [2.24, 2.45) is 11.8 Å². The van der Waals surface area contributed by atoms with Gasteiger partial charge in [0.1, 0.15) is 18.1 Å². The maximum atomic E-state index is 13.3. The van der Waals surface area contributed by atoms with E-state index in [0.717, 1.165) is 38.5 Å². The number of amides is 2. The summed E-state index contributed by atoms with van der Waals surface area (Å²) in [5.74, 6) is 1.17.